The molecule has 0 fully saturated rings. The van der Waals surface area contributed by atoms with Gasteiger partial charge >= 0.3 is 12.0 Å². The Kier molecular flexibility index (Phi) is 3.92. The van der Waals surface area contributed by atoms with Gasteiger partial charge in [-0.2, -0.15) is 4.98 Å². The average Bonchev–Trinajstić information content (AvgIpc) is 2.38. The van der Waals surface area contributed by atoms with E-state index in [2.05, 4.69) is 29.0 Å². The van der Waals surface area contributed by atoms with Gasteiger partial charge in [-0.1, -0.05) is 19.1 Å². The van der Waals surface area contributed by atoms with Crippen molar-refractivity contribution in [2.45, 2.75) is 19.8 Å². The molecule has 1 aliphatic rings. The van der Waals surface area contributed by atoms with E-state index in [4.69, 9.17) is 9.84 Å². The lowest BCUT2D eigenvalue weighted by atomic mass is 9.85. The lowest BCUT2D eigenvalue weighted by Crippen LogP contribution is -2.21. The molecule has 1 heterocycles. The highest BCUT2D eigenvalue weighted by Gasteiger charge is 2.19. The molecular weight excluding hydrogens is 232 g/mol. The number of ether oxygens (including phenoxy) is 1. The molecule has 1 N–H and O–H groups in total. The Morgan fingerprint density at radius 2 is 2.28 bits per heavy atom. The molecule has 0 aromatic carbocycles. The summed E-state index contributed by atoms with van der Waals surface area (Å²) in [6.45, 7) is 2.71. The first-order valence-electron chi connectivity index (χ1n) is 6.01. The van der Waals surface area contributed by atoms with E-state index in [-0.39, 0.29) is 11.7 Å². The molecule has 2 atom stereocenters. The molecule has 0 spiro atoms. The Hall–Kier alpha value is -1.91. The van der Waals surface area contributed by atoms with Gasteiger partial charge in [-0.15, -0.1) is 0 Å². The Labute approximate surface area is 106 Å². The van der Waals surface area contributed by atoms with Crippen LogP contribution in [0.25, 0.3) is 0 Å². The first-order valence-corrected chi connectivity index (χ1v) is 6.01. The van der Waals surface area contributed by atoms with Crippen molar-refractivity contribution in [3.05, 3.63) is 30.1 Å². The summed E-state index contributed by atoms with van der Waals surface area (Å²) in [4.78, 5) is 18.5. The van der Waals surface area contributed by atoms with Crippen molar-refractivity contribution in [1.82, 2.24) is 9.97 Å². The van der Waals surface area contributed by atoms with Gasteiger partial charge in [0.25, 0.3) is 0 Å². The number of aromatic carboxylic acids is 1. The summed E-state index contributed by atoms with van der Waals surface area (Å²) in [5.41, 5.74) is -0.0448. The summed E-state index contributed by atoms with van der Waals surface area (Å²) in [6, 6.07) is 1.48. The standard InChI is InChI=1S/C13H16N2O3/c1-9-4-2-3-5-10(9)8-18-13-14-7-6-11(15-13)12(16)17/h2-3,6-7,9-10H,4-5,8H2,1H3,(H,16,17). The number of carbonyl (C=O) groups is 1. The van der Waals surface area contributed by atoms with E-state index < -0.39 is 5.97 Å². The van der Waals surface area contributed by atoms with Gasteiger partial charge in [-0.3, -0.25) is 0 Å². The van der Waals surface area contributed by atoms with Crippen molar-refractivity contribution in [3.63, 3.8) is 0 Å². The van der Waals surface area contributed by atoms with Crippen molar-refractivity contribution < 1.29 is 14.6 Å². The first kappa shape index (κ1) is 12.5. The molecule has 0 saturated carbocycles. The van der Waals surface area contributed by atoms with Crippen LogP contribution in [0.15, 0.2) is 24.4 Å². The summed E-state index contributed by atoms with van der Waals surface area (Å²) in [5.74, 6) is -0.0686. The van der Waals surface area contributed by atoms with E-state index in [1.54, 1.807) is 0 Å². The van der Waals surface area contributed by atoms with E-state index in [1.165, 1.54) is 12.3 Å². The normalized spacial score (nSPS) is 22.7. The largest absolute Gasteiger partial charge is 0.477 e. The minimum Gasteiger partial charge on any atom is -0.477 e. The minimum absolute atomic E-state index is 0.0448. The van der Waals surface area contributed by atoms with Gasteiger partial charge < -0.3 is 9.84 Å². The maximum atomic E-state index is 10.8. The second-order valence-electron chi connectivity index (χ2n) is 4.52. The highest BCUT2D eigenvalue weighted by molar-refractivity contribution is 5.85. The number of hydrogen-bond donors (Lipinski definition) is 1. The lowest BCUT2D eigenvalue weighted by Gasteiger charge is -2.24. The van der Waals surface area contributed by atoms with Gasteiger partial charge in [0.05, 0.1) is 6.61 Å². The molecule has 0 saturated heterocycles. The monoisotopic (exact) mass is 248 g/mol. The van der Waals surface area contributed by atoms with E-state index in [1.807, 2.05) is 0 Å². The summed E-state index contributed by atoms with van der Waals surface area (Å²) in [5, 5.41) is 8.81. The van der Waals surface area contributed by atoms with Crippen LogP contribution in [0.3, 0.4) is 0 Å². The number of aromatic nitrogens is 2. The fourth-order valence-corrected chi connectivity index (χ4v) is 1.95. The third-order valence-corrected chi connectivity index (χ3v) is 3.20. The lowest BCUT2D eigenvalue weighted by molar-refractivity contribution is 0.0688. The van der Waals surface area contributed by atoms with Crippen molar-refractivity contribution in [2.24, 2.45) is 11.8 Å². The molecule has 0 amide bonds. The molecule has 0 radical (unpaired) electrons. The molecular formula is C13H16N2O3. The molecule has 2 rings (SSSR count). The second-order valence-corrected chi connectivity index (χ2v) is 4.52. The van der Waals surface area contributed by atoms with Crippen LogP contribution in [0.1, 0.15) is 30.3 Å². The molecule has 2 unspecified atom stereocenters. The molecule has 0 bridgehead atoms. The summed E-state index contributed by atoms with van der Waals surface area (Å²) in [7, 11) is 0. The molecule has 18 heavy (non-hydrogen) atoms. The number of rotatable bonds is 4. The molecule has 96 valence electrons. The van der Waals surface area contributed by atoms with Crippen LogP contribution in [0.4, 0.5) is 0 Å². The molecule has 5 nitrogen and oxygen atoms in total. The minimum atomic E-state index is -1.07. The highest BCUT2D eigenvalue weighted by atomic mass is 16.5. The number of nitrogens with zero attached hydrogens (tertiary/aromatic N) is 2. The fourth-order valence-electron chi connectivity index (χ4n) is 1.95. The Morgan fingerprint density at radius 3 is 3.00 bits per heavy atom. The van der Waals surface area contributed by atoms with Gasteiger partial charge in [0.2, 0.25) is 0 Å². The Morgan fingerprint density at radius 1 is 1.50 bits per heavy atom. The smallest absolute Gasteiger partial charge is 0.354 e. The maximum absolute atomic E-state index is 10.8. The Bertz CT molecular complexity index is 459. The zero-order valence-electron chi connectivity index (χ0n) is 10.2. The first-order chi connectivity index (χ1) is 8.66. The van der Waals surface area contributed by atoms with Gasteiger partial charge in [-0.05, 0) is 30.7 Å². The van der Waals surface area contributed by atoms with Crippen LogP contribution in [0.5, 0.6) is 6.01 Å². The Balaban J connectivity index is 1.95. The number of allylic oxidation sites excluding steroid dienone is 2. The zero-order chi connectivity index (χ0) is 13.0. The van der Waals surface area contributed by atoms with Crippen molar-refractivity contribution >= 4 is 5.97 Å². The second kappa shape index (κ2) is 5.62. The predicted octanol–water partition coefficient (Wildman–Crippen LogP) is 2.16. The SMILES string of the molecule is CC1CC=CCC1COc1nccc(C(=O)O)n1. The van der Waals surface area contributed by atoms with Gasteiger partial charge in [0, 0.05) is 6.20 Å². The van der Waals surface area contributed by atoms with E-state index in [9.17, 15) is 4.79 Å². The van der Waals surface area contributed by atoms with Crippen LogP contribution >= 0.6 is 0 Å². The summed E-state index contributed by atoms with van der Waals surface area (Å²) >= 11 is 0. The van der Waals surface area contributed by atoms with Crippen LogP contribution in [-0.4, -0.2) is 27.7 Å². The number of carboxylic acids is 1. The van der Waals surface area contributed by atoms with Crippen LogP contribution in [0.2, 0.25) is 0 Å². The van der Waals surface area contributed by atoms with Gasteiger partial charge in [0.1, 0.15) is 0 Å². The van der Waals surface area contributed by atoms with E-state index in [0.717, 1.165) is 12.8 Å². The summed E-state index contributed by atoms with van der Waals surface area (Å²) < 4.78 is 5.49. The third-order valence-electron chi connectivity index (χ3n) is 3.20. The van der Waals surface area contributed by atoms with Crippen molar-refractivity contribution in [2.75, 3.05) is 6.61 Å². The van der Waals surface area contributed by atoms with Gasteiger partial charge in [-0.25, -0.2) is 9.78 Å². The molecule has 5 heteroatoms. The highest BCUT2D eigenvalue weighted by Crippen LogP contribution is 2.25. The average molecular weight is 248 g/mol. The topological polar surface area (TPSA) is 72.3 Å². The fraction of sp³-hybridized carbons (Fsp3) is 0.462. The molecule has 1 aromatic rings. The van der Waals surface area contributed by atoms with Gasteiger partial charge in [0.15, 0.2) is 5.69 Å². The summed E-state index contributed by atoms with van der Waals surface area (Å²) in [6.07, 6.45) is 7.78. The molecule has 0 aliphatic heterocycles. The van der Waals surface area contributed by atoms with Crippen molar-refractivity contribution in [1.29, 1.82) is 0 Å². The zero-order valence-corrected chi connectivity index (χ0v) is 10.2. The van der Waals surface area contributed by atoms with E-state index >= 15 is 0 Å². The molecule has 1 aromatic heterocycles. The molecule has 1 aliphatic carbocycles. The van der Waals surface area contributed by atoms with E-state index in [0.29, 0.717) is 18.4 Å². The van der Waals surface area contributed by atoms with Crippen LogP contribution in [-0.2, 0) is 0 Å². The third kappa shape index (κ3) is 3.06. The van der Waals surface area contributed by atoms with Crippen LogP contribution in [0, 0.1) is 11.8 Å². The maximum Gasteiger partial charge on any atom is 0.354 e. The van der Waals surface area contributed by atoms with Crippen LogP contribution < -0.4 is 4.74 Å². The predicted molar refractivity (Wildman–Crippen MR) is 65.5 cm³/mol. The number of hydrogen-bond acceptors (Lipinski definition) is 4. The quantitative estimate of drug-likeness (QED) is 0.826. The number of carboxylic acid groups (broad SMARTS) is 1. The van der Waals surface area contributed by atoms with Crippen molar-refractivity contribution in [3.8, 4) is 6.01 Å².